The van der Waals surface area contributed by atoms with Gasteiger partial charge in [-0.15, -0.1) is 0 Å². The second-order valence-corrected chi connectivity index (χ2v) is 5.79. The number of nitrogens with zero attached hydrogens (tertiary/aromatic N) is 3. The molecule has 0 N–H and O–H groups in total. The van der Waals surface area contributed by atoms with Crippen molar-refractivity contribution in [1.29, 1.82) is 0 Å². The summed E-state index contributed by atoms with van der Waals surface area (Å²) in [7, 11) is 2.19. The highest BCUT2D eigenvalue weighted by atomic mass is 79.9. The number of aromatic nitrogens is 1. The SMILES string of the molecule is CN1CCN(c2cccc(Br)n2)CC1(C)C. The van der Waals surface area contributed by atoms with Crippen molar-refractivity contribution < 1.29 is 0 Å². The minimum atomic E-state index is 0.211. The second kappa shape index (κ2) is 4.34. The third-order valence-electron chi connectivity index (χ3n) is 3.34. The van der Waals surface area contributed by atoms with Gasteiger partial charge in [0.2, 0.25) is 0 Å². The molecule has 0 spiro atoms. The lowest BCUT2D eigenvalue weighted by Crippen LogP contribution is -2.57. The van der Waals surface area contributed by atoms with Crippen molar-refractivity contribution in [3.05, 3.63) is 22.8 Å². The molecule has 16 heavy (non-hydrogen) atoms. The fourth-order valence-corrected chi connectivity index (χ4v) is 2.34. The van der Waals surface area contributed by atoms with Crippen LogP contribution in [-0.2, 0) is 0 Å². The molecule has 1 aromatic rings. The molecular weight excluding hydrogens is 266 g/mol. The number of halogens is 1. The monoisotopic (exact) mass is 283 g/mol. The Balaban J connectivity index is 2.18. The minimum absolute atomic E-state index is 0.211. The Morgan fingerprint density at radius 3 is 2.69 bits per heavy atom. The van der Waals surface area contributed by atoms with Crippen molar-refractivity contribution in [3.63, 3.8) is 0 Å². The minimum Gasteiger partial charge on any atom is -0.353 e. The highest BCUT2D eigenvalue weighted by Crippen LogP contribution is 2.23. The number of piperazine rings is 1. The van der Waals surface area contributed by atoms with Gasteiger partial charge in [0, 0.05) is 25.2 Å². The van der Waals surface area contributed by atoms with Gasteiger partial charge in [-0.25, -0.2) is 4.98 Å². The summed E-state index contributed by atoms with van der Waals surface area (Å²) < 4.78 is 0.904. The van der Waals surface area contributed by atoms with Gasteiger partial charge in [0.25, 0.3) is 0 Å². The smallest absolute Gasteiger partial charge is 0.129 e. The van der Waals surface area contributed by atoms with Gasteiger partial charge in [0.1, 0.15) is 10.4 Å². The summed E-state index contributed by atoms with van der Waals surface area (Å²) >= 11 is 3.42. The van der Waals surface area contributed by atoms with Gasteiger partial charge in [-0.3, -0.25) is 4.90 Å². The van der Waals surface area contributed by atoms with Gasteiger partial charge >= 0.3 is 0 Å². The maximum Gasteiger partial charge on any atom is 0.129 e. The lowest BCUT2D eigenvalue weighted by atomic mass is 10.00. The summed E-state index contributed by atoms with van der Waals surface area (Å²) in [6.45, 7) is 7.70. The van der Waals surface area contributed by atoms with E-state index in [4.69, 9.17) is 0 Å². The van der Waals surface area contributed by atoms with Crippen molar-refractivity contribution in [1.82, 2.24) is 9.88 Å². The summed E-state index contributed by atoms with van der Waals surface area (Å²) in [6.07, 6.45) is 0. The first kappa shape index (κ1) is 11.9. The zero-order valence-corrected chi connectivity index (χ0v) is 11.7. The normalized spacial score (nSPS) is 21.1. The van der Waals surface area contributed by atoms with Gasteiger partial charge in [-0.2, -0.15) is 0 Å². The van der Waals surface area contributed by atoms with Crippen LogP contribution in [0.4, 0.5) is 5.82 Å². The molecule has 1 aliphatic heterocycles. The molecule has 1 aromatic heterocycles. The molecule has 0 aliphatic carbocycles. The first-order valence-corrected chi connectivity index (χ1v) is 6.37. The fourth-order valence-electron chi connectivity index (χ4n) is 2.01. The van der Waals surface area contributed by atoms with Crippen molar-refractivity contribution in [2.75, 3.05) is 31.6 Å². The molecule has 4 heteroatoms. The predicted molar refractivity (Wildman–Crippen MR) is 70.9 cm³/mol. The average molecular weight is 284 g/mol. The van der Waals surface area contributed by atoms with Crippen molar-refractivity contribution in [2.24, 2.45) is 0 Å². The van der Waals surface area contributed by atoms with Crippen LogP contribution in [-0.4, -0.2) is 42.1 Å². The topological polar surface area (TPSA) is 19.4 Å². The van der Waals surface area contributed by atoms with Crippen molar-refractivity contribution in [2.45, 2.75) is 19.4 Å². The van der Waals surface area contributed by atoms with Crippen LogP contribution in [0.1, 0.15) is 13.8 Å². The molecule has 88 valence electrons. The van der Waals surface area contributed by atoms with E-state index in [2.05, 4.69) is 57.7 Å². The van der Waals surface area contributed by atoms with E-state index in [1.807, 2.05) is 12.1 Å². The van der Waals surface area contributed by atoms with Crippen molar-refractivity contribution >= 4 is 21.7 Å². The third-order valence-corrected chi connectivity index (χ3v) is 3.78. The molecule has 0 atom stereocenters. The highest BCUT2D eigenvalue weighted by molar-refractivity contribution is 9.10. The van der Waals surface area contributed by atoms with Crippen LogP contribution in [0.25, 0.3) is 0 Å². The molecule has 1 aliphatic rings. The van der Waals surface area contributed by atoms with E-state index in [9.17, 15) is 0 Å². The quantitative estimate of drug-likeness (QED) is 0.738. The lowest BCUT2D eigenvalue weighted by Gasteiger charge is -2.45. The first-order valence-electron chi connectivity index (χ1n) is 5.58. The summed E-state index contributed by atoms with van der Waals surface area (Å²) in [5, 5.41) is 0. The van der Waals surface area contributed by atoms with Crippen LogP contribution in [0.2, 0.25) is 0 Å². The van der Waals surface area contributed by atoms with Crippen LogP contribution in [0.5, 0.6) is 0 Å². The highest BCUT2D eigenvalue weighted by Gasteiger charge is 2.31. The molecule has 0 unspecified atom stereocenters. The van der Waals surface area contributed by atoms with Crippen molar-refractivity contribution in [3.8, 4) is 0 Å². The maximum atomic E-state index is 4.51. The molecule has 0 amide bonds. The van der Waals surface area contributed by atoms with Gasteiger partial charge in [0.05, 0.1) is 0 Å². The van der Waals surface area contributed by atoms with Gasteiger partial charge in [-0.1, -0.05) is 6.07 Å². The molecule has 2 heterocycles. The number of anilines is 1. The van der Waals surface area contributed by atoms with Crippen LogP contribution in [0.3, 0.4) is 0 Å². The molecule has 1 fully saturated rings. The molecule has 0 saturated carbocycles. The summed E-state index contributed by atoms with van der Waals surface area (Å²) in [6, 6.07) is 6.08. The Kier molecular flexibility index (Phi) is 3.22. The van der Waals surface area contributed by atoms with E-state index >= 15 is 0 Å². The number of pyridine rings is 1. The molecule has 3 nitrogen and oxygen atoms in total. The summed E-state index contributed by atoms with van der Waals surface area (Å²) in [5.74, 6) is 1.07. The zero-order valence-electron chi connectivity index (χ0n) is 10.1. The lowest BCUT2D eigenvalue weighted by molar-refractivity contribution is 0.138. The Bertz CT molecular complexity index is 378. The number of rotatable bonds is 1. The molecule has 1 saturated heterocycles. The maximum absolute atomic E-state index is 4.51. The zero-order chi connectivity index (χ0) is 11.8. The Morgan fingerprint density at radius 1 is 1.31 bits per heavy atom. The Morgan fingerprint density at radius 2 is 2.06 bits per heavy atom. The van der Waals surface area contributed by atoms with E-state index in [0.717, 1.165) is 30.1 Å². The molecule has 0 aromatic carbocycles. The van der Waals surface area contributed by atoms with E-state index in [1.54, 1.807) is 0 Å². The van der Waals surface area contributed by atoms with Crippen LogP contribution in [0.15, 0.2) is 22.8 Å². The van der Waals surface area contributed by atoms with E-state index in [1.165, 1.54) is 0 Å². The van der Waals surface area contributed by atoms with Gasteiger partial charge in [0.15, 0.2) is 0 Å². The van der Waals surface area contributed by atoms with Crippen LogP contribution < -0.4 is 4.90 Å². The average Bonchev–Trinajstić information content (AvgIpc) is 2.22. The van der Waals surface area contributed by atoms with Gasteiger partial charge < -0.3 is 4.90 Å². The standard InChI is InChI=1S/C12H18BrN3/c1-12(2)9-16(8-7-15(12)3)11-6-4-5-10(13)14-11/h4-6H,7-9H2,1-3H3. The van der Waals surface area contributed by atoms with Crippen LogP contribution >= 0.6 is 15.9 Å². The van der Waals surface area contributed by atoms with E-state index in [-0.39, 0.29) is 5.54 Å². The molecule has 0 bridgehead atoms. The van der Waals surface area contributed by atoms with Gasteiger partial charge in [-0.05, 0) is 49.0 Å². The number of hydrogen-bond donors (Lipinski definition) is 0. The largest absolute Gasteiger partial charge is 0.353 e. The van der Waals surface area contributed by atoms with E-state index < -0.39 is 0 Å². The first-order chi connectivity index (χ1) is 7.49. The molecule has 0 radical (unpaired) electrons. The molecule has 2 rings (SSSR count). The number of hydrogen-bond acceptors (Lipinski definition) is 3. The fraction of sp³-hybridized carbons (Fsp3) is 0.583. The second-order valence-electron chi connectivity index (χ2n) is 4.97. The van der Waals surface area contributed by atoms with E-state index in [0.29, 0.717) is 0 Å². The third kappa shape index (κ3) is 2.38. The Hall–Kier alpha value is -0.610. The molecular formula is C12H18BrN3. The van der Waals surface area contributed by atoms with Crippen LogP contribution in [0, 0.1) is 0 Å². The summed E-state index contributed by atoms with van der Waals surface area (Å²) in [5.41, 5.74) is 0.211. The summed E-state index contributed by atoms with van der Waals surface area (Å²) in [4.78, 5) is 9.27. The number of likely N-dealkylation sites (N-methyl/N-ethyl adjacent to an activating group) is 1. The Labute approximate surface area is 106 Å². The predicted octanol–water partition coefficient (Wildman–Crippen LogP) is 2.37.